The van der Waals surface area contributed by atoms with Gasteiger partial charge in [0.15, 0.2) is 4.80 Å². The van der Waals surface area contributed by atoms with Crippen LogP contribution in [0.5, 0.6) is 0 Å². The predicted molar refractivity (Wildman–Crippen MR) is 122 cm³/mol. The van der Waals surface area contributed by atoms with Crippen LogP contribution in [0.3, 0.4) is 0 Å². The molecule has 1 atom stereocenters. The first kappa shape index (κ1) is 21.7. The molecule has 9 heteroatoms. The molecular formula is C22H19ClN2O4S2. The number of carbonyl (C=O) groups excluding carboxylic acids is 1. The van der Waals surface area contributed by atoms with Crippen LogP contribution >= 0.6 is 34.3 Å². The van der Waals surface area contributed by atoms with Gasteiger partial charge in [0.05, 0.1) is 22.4 Å². The van der Waals surface area contributed by atoms with Gasteiger partial charge in [-0.25, -0.2) is 9.79 Å². The zero-order valence-electron chi connectivity index (χ0n) is 16.8. The van der Waals surface area contributed by atoms with Crippen molar-refractivity contribution in [3.8, 4) is 0 Å². The van der Waals surface area contributed by atoms with Crippen LogP contribution in [-0.2, 0) is 14.3 Å². The number of nitrogens with zero attached hydrogens (tertiary/aromatic N) is 2. The Labute approximate surface area is 191 Å². The third kappa shape index (κ3) is 4.29. The van der Waals surface area contributed by atoms with Crippen LogP contribution < -0.4 is 14.9 Å². The zero-order valence-corrected chi connectivity index (χ0v) is 19.2. The van der Waals surface area contributed by atoms with E-state index in [4.69, 9.17) is 21.1 Å². The molecule has 160 valence electrons. The van der Waals surface area contributed by atoms with Gasteiger partial charge in [-0.2, -0.15) is 0 Å². The van der Waals surface area contributed by atoms with Crippen molar-refractivity contribution < 1.29 is 14.3 Å². The van der Waals surface area contributed by atoms with Crippen molar-refractivity contribution in [2.45, 2.75) is 13.0 Å². The van der Waals surface area contributed by atoms with Gasteiger partial charge >= 0.3 is 5.97 Å². The fraction of sp³-hybridized carbons (Fsp3) is 0.227. The molecule has 1 aliphatic heterocycles. The fourth-order valence-electron chi connectivity index (χ4n) is 3.37. The largest absolute Gasteiger partial charge is 0.460 e. The summed E-state index contributed by atoms with van der Waals surface area (Å²) in [5, 5.41) is 2.41. The van der Waals surface area contributed by atoms with Crippen molar-refractivity contribution in [1.29, 1.82) is 0 Å². The summed E-state index contributed by atoms with van der Waals surface area (Å²) in [6.07, 6.45) is 1.84. The minimum atomic E-state index is -0.731. The van der Waals surface area contributed by atoms with Crippen molar-refractivity contribution in [3.63, 3.8) is 0 Å². The quantitative estimate of drug-likeness (QED) is 0.406. The number of rotatable bonds is 6. The van der Waals surface area contributed by atoms with Gasteiger partial charge in [0.25, 0.3) is 5.56 Å². The van der Waals surface area contributed by atoms with E-state index >= 15 is 0 Å². The van der Waals surface area contributed by atoms with E-state index in [-0.39, 0.29) is 18.8 Å². The summed E-state index contributed by atoms with van der Waals surface area (Å²) in [5.74, 6) is -0.546. The number of thiophene rings is 1. The summed E-state index contributed by atoms with van der Waals surface area (Å²) >= 11 is 9.33. The Morgan fingerprint density at radius 3 is 2.77 bits per heavy atom. The zero-order chi connectivity index (χ0) is 22.0. The lowest BCUT2D eigenvalue weighted by atomic mass is 9.96. The Morgan fingerprint density at radius 2 is 2.06 bits per heavy atom. The van der Waals surface area contributed by atoms with Crippen molar-refractivity contribution >= 4 is 46.3 Å². The average molecular weight is 475 g/mol. The van der Waals surface area contributed by atoms with Crippen LogP contribution in [0.2, 0.25) is 5.02 Å². The number of esters is 1. The summed E-state index contributed by atoms with van der Waals surface area (Å²) in [4.78, 5) is 32.5. The van der Waals surface area contributed by atoms with Crippen LogP contribution in [0.25, 0.3) is 6.08 Å². The summed E-state index contributed by atoms with van der Waals surface area (Å²) < 4.78 is 12.4. The van der Waals surface area contributed by atoms with Crippen LogP contribution in [-0.4, -0.2) is 30.9 Å². The third-order valence-corrected chi connectivity index (χ3v) is 6.93. The van der Waals surface area contributed by atoms with E-state index in [0.29, 0.717) is 31.2 Å². The highest BCUT2D eigenvalue weighted by Gasteiger charge is 2.34. The molecule has 0 N–H and O–H groups in total. The molecule has 31 heavy (non-hydrogen) atoms. The molecule has 1 aromatic carbocycles. The SMILES string of the molecule is COCCOC(=O)C1=C(C)N=c2sc(=Cc3cccs3)c(=O)n2C1c1ccccc1Cl. The van der Waals surface area contributed by atoms with E-state index in [1.807, 2.05) is 35.7 Å². The molecule has 0 radical (unpaired) electrons. The summed E-state index contributed by atoms with van der Waals surface area (Å²) in [7, 11) is 1.53. The lowest BCUT2D eigenvalue weighted by Gasteiger charge is -2.25. The van der Waals surface area contributed by atoms with Crippen LogP contribution in [0.1, 0.15) is 23.4 Å². The number of carbonyl (C=O) groups is 1. The number of thiazole rings is 1. The maximum Gasteiger partial charge on any atom is 0.338 e. The molecule has 4 rings (SSSR count). The highest BCUT2D eigenvalue weighted by molar-refractivity contribution is 7.11. The number of methoxy groups -OCH3 is 1. The maximum atomic E-state index is 13.4. The van der Waals surface area contributed by atoms with Gasteiger partial charge in [0, 0.05) is 17.0 Å². The number of ether oxygens (including phenoxy) is 2. The number of aromatic nitrogens is 1. The first-order valence-electron chi connectivity index (χ1n) is 9.48. The average Bonchev–Trinajstić information content (AvgIpc) is 3.36. The Bertz CT molecular complexity index is 1320. The van der Waals surface area contributed by atoms with Gasteiger partial charge < -0.3 is 9.47 Å². The van der Waals surface area contributed by atoms with E-state index in [0.717, 1.165) is 4.88 Å². The number of allylic oxidation sites excluding steroid dienone is 1. The van der Waals surface area contributed by atoms with Gasteiger partial charge in [0.2, 0.25) is 0 Å². The molecule has 0 amide bonds. The van der Waals surface area contributed by atoms with Crippen molar-refractivity contribution in [3.05, 3.63) is 88.2 Å². The van der Waals surface area contributed by atoms with E-state index in [9.17, 15) is 9.59 Å². The normalized spacial score (nSPS) is 16.2. The summed E-state index contributed by atoms with van der Waals surface area (Å²) in [5.41, 5.74) is 1.20. The number of hydrogen-bond donors (Lipinski definition) is 0. The smallest absolute Gasteiger partial charge is 0.338 e. The van der Waals surface area contributed by atoms with Crippen LogP contribution in [0.15, 0.2) is 62.8 Å². The van der Waals surface area contributed by atoms with Gasteiger partial charge in [-0.3, -0.25) is 9.36 Å². The summed E-state index contributed by atoms with van der Waals surface area (Å²) in [6, 6.07) is 10.3. The second-order valence-corrected chi connectivity index (χ2v) is 9.14. The fourth-order valence-corrected chi connectivity index (χ4v) is 5.38. The number of benzene rings is 1. The Hall–Kier alpha value is -2.52. The highest BCUT2D eigenvalue weighted by atomic mass is 35.5. The Morgan fingerprint density at radius 1 is 1.26 bits per heavy atom. The number of halogens is 1. The Kier molecular flexibility index (Phi) is 6.52. The van der Waals surface area contributed by atoms with E-state index in [2.05, 4.69) is 4.99 Å². The molecule has 0 aliphatic carbocycles. The number of hydrogen-bond acceptors (Lipinski definition) is 7. The topological polar surface area (TPSA) is 69.9 Å². The third-order valence-electron chi connectivity index (χ3n) is 4.78. The van der Waals surface area contributed by atoms with E-state index < -0.39 is 12.0 Å². The lowest BCUT2D eigenvalue weighted by molar-refractivity contribution is -0.140. The molecule has 0 spiro atoms. The maximum absolute atomic E-state index is 13.4. The molecule has 0 fully saturated rings. The molecule has 2 aromatic heterocycles. The van der Waals surface area contributed by atoms with Crippen LogP contribution in [0, 0.1) is 0 Å². The molecule has 1 aliphatic rings. The molecule has 3 heterocycles. The van der Waals surface area contributed by atoms with Gasteiger partial charge in [-0.15, -0.1) is 11.3 Å². The minimum absolute atomic E-state index is 0.101. The standard InChI is InChI=1S/C22H19ClN2O4S2/c1-13-18(21(27)29-10-9-28-2)19(15-7-3-4-8-16(15)23)25-20(26)17(31-22(25)24-13)12-14-6-5-11-30-14/h3-8,11-12,19H,9-10H2,1-2H3. The minimum Gasteiger partial charge on any atom is -0.460 e. The molecule has 0 saturated carbocycles. The van der Waals surface area contributed by atoms with Gasteiger partial charge in [-0.1, -0.05) is 47.2 Å². The van der Waals surface area contributed by atoms with Gasteiger partial charge in [-0.05, 0) is 36.1 Å². The molecule has 6 nitrogen and oxygen atoms in total. The first-order chi connectivity index (χ1) is 15.0. The van der Waals surface area contributed by atoms with E-state index in [1.165, 1.54) is 23.0 Å². The van der Waals surface area contributed by atoms with Gasteiger partial charge in [0.1, 0.15) is 12.6 Å². The molecule has 3 aromatic rings. The van der Waals surface area contributed by atoms with Crippen LogP contribution in [0.4, 0.5) is 0 Å². The molecule has 1 unspecified atom stereocenters. The molecule has 0 bridgehead atoms. The molecule has 0 saturated heterocycles. The second-order valence-electron chi connectivity index (χ2n) is 6.75. The predicted octanol–water partition coefficient (Wildman–Crippen LogP) is 3.14. The summed E-state index contributed by atoms with van der Waals surface area (Å²) in [6.45, 7) is 2.12. The monoisotopic (exact) mass is 474 g/mol. The van der Waals surface area contributed by atoms with Crippen molar-refractivity contribution in [1.82, 2.24) is 4.57 Å². The van der Waals surface area contributed by atoms with Crippen molar-refractivity contribution in [2.24, 2.45) is 4.99 Å². The number of fused-ring (bicyclic) bond motifs is 1. The Balaban J connectivity index is 1.91. The van der Waals surface area contributed by atoms with Crippen molar-refractivity contribution in [2.75, 3.05) is 20.3 Å². The molecular weight excluding hydrogens is 456 g/mol. The second kappa shape index (κ2) is 9.32. The lowest BCUT2D eigenvalue weighted by Crippen LogP contribution is -2.40. The van der Waals surface area contributed by atoms with E-state index in [1.54, 1.807) is 30.4 Å². The first-order valence-corrected chi connectivity index (χ1v) is 11.5. The highest BCUT2D eigenvalue weighted by Crippen LogP contribution is 2.34.